The Kier molecular flexibility index (Phi) is 5.83. The zero-order chi connectivity index (χ0) is 18.6. The molecule has 1 aromatic carbocycles. The molecule has 5 nitrogen and oxygen atoms in total. The lowest BCUT2D eigenvalue weighted by Crippen LogP contribution is -3.14. The third-order valence-corrected chi connectivity index (χ3v) is 6.85. The molecule has 1 aliphatic heterocycles. The molecule has 1 aliphatic rings. The standard InChI is InChI=1S/C20H23N3O2S2/c1-2-15-5-6-16-18(14-15)27-20(21-16)23(19(24)17-4-3-13-26-17)8-7-22-9-11-25-12-10-22/h3-6,13-14H,2,7-12H2,1H3/p+1. The maximum absolute atomic E-state index is 13.1. The molecule has 4 rings (SSSR count). The maximum Gasteiger partial charge on any atom is 0.270 e. The number of nitrogens with one attached hydrogen (secondary N) is 1. The van der Waals surface area contributed by atoms with Gasteiger partial charge in [-0.1, -0.05) is 30.4 Å². The second kappa shape index (κ2) is 8.48. The van der Waals surface area contributed by atoms with E-state index in [2.05, 4.69) is 25.1 Å². The topological polar surface area (TPSA) is 46.9 Å². The van der Waals surface area contributed by atoms with E-state index in [9.17, 15) is 4.79 Å². The predicted molar refractivity (Wildman–Crippen MR) is 111 cm³/mol. The molecule has 1 saturated heterocycles. The summed E-state index contributed by atoms with van der Waals surface area (Å²) in [5, 5.41) is 2.74. The fourth-order valence-corrected chi connectivity index (χ4v) is 5.02. The van der Waals surface area contributed by atoms with E-state index in [1.807, 2.05) is 22.4 Å². The zero-order valence-corrected chi connectivity index (χ0v) is 17.1. The number of anilines is 1. The number of ether oxygens (including phenoxy) is 1. The van der Waals surface area contributed by atoms with E-state index in [1.54, 1.807) is 11.3 Å². The molecule has 0 unspecified atom stereocenters. The number of thiophene rings is 1. The summed E-state index contributed by atoms with van der Waals surface area (Å²) in [6, 6.07) is 10.2. The minimum atomic E-state index is 0.0485. The van der Waals surface area contributed by atoms with Crippen molar-refractivity contribution in [3.63, 3.8) is 0 Å². The monoisotopic (exact) mass is 402 g/mol. The lowest BCUT2D eigenvalue weighted by atomic mass is 10.2. The van der Waals surface area contributed by atoms with Gasteiger partial charge in [-0.2, -0.15) is 0 Å². The predicted octanol–water partition coefficient (Wildman–Crippen LogP) is 2.48. The number of benzene rings is 1. The van der Waals surface area contributed by atoms with Crippen LogP contribution in [-0.4, -0.2) is 50.3 Å². The van der Waals surface area contributed by atoms with Crippen molar-refractivity contribution < 1.29 is 14.4 Å². The van der Waals surface area contributed by atoms with Crippen molar-refractivity contribution >= 4 is 43.9 Å². The number of rotatable bonds is 6. The number of quaternary nitrogens is 1. The van der Waals surface area contributed by atoms with Gasteiger partial charge in [-0.05, 0) is 35.6 Å². The number of carbonyl (C=O) groups is 1. The van der Waals surface area contributed by atoms with E-state index >= 15 is 0 Å². The largest absolute Gasteiger partial charge is 0.370 e. The lowest BCUT2D eigenvalue weighted by molar-refractivity contribution is -0.906. The van der Waals surface area contributed by atoms with Crippen LogP contribution in [0.1, 0.15) is 22.2 Å². The van der Waals surface area contributed by atoms with Gasteiger partial charge in [0.25, 0.3) is 5.91 Å². The Morgan fingerprint density at radius 2 is 2.15 bits per heavy atom. The van der Waals surface area contributed by atoms with Gasteiger partial charge in [-0.25, -0.2) is 4.98 Å². The van der Waals surface area contributed by atoms with Crippen LogP contribution in [0.15, 0.2) is 35.7 Å². The van der Waals surface area contributed by atoms with Crippen LogP contribution in [0.25, 0.3) is 10.2 Å². The molecular weight excluding hydrogens is 378 g/mol. The third-order valence-electron chi connectivity index (χ3n) is 4.95. The molecule has 7 heteroatoms. The van der Waals surface area contributed by atoms with Gasteiger partial charge < -0.3 is 9.64 Å². The number of nitrogens with zero attached hydrogens (tertiary/aromatic N) is 2. The normalized spacial score (nSPS) is 15.3. The van der Waals surface area contributed by atoms with Crippen LogP contribution in [0, 0.1) is 0 Å². The Balaban J connectivity index is 1.61. The van der Waals surface area contributed by atoms with E-state index in [0.717, 1.165) is 59.5 Å². The summed E-state index contributed by atoms with van der Waals surface area (Å²) < 4.78 is 6.59. The number of amides is 1. The molecule has 0 aliphatic carbocycles. The summed E-state index contributed by atoms with van der Waals surface area (Å²) >= 11 is 3.10. The highest BCUT2D eigenvalue weighted by atomic mass is 32.1. The summed E-state index contributed by atoms with van der Waals surface area (Å²) in [7, 11) is 0. The third kappa shape index (κ3) is 4.21. The molecule has 2 aromatic heterocycles. The van der Waals surface area contributed by atoms with Crippen LogP contribution in [0.5, 0.6) is 0 Å². The molecule has 1 N–H and O–H groups in total. The van der Waals surface area contributed by atoms with Crippen LogP contribution in [-0.2, 0) is 11.2 Å². The van der Waals surface area contributed by atoms with Crippen LogP contribution in [0.2, 0.25) is 0 Å². The Hall–Kier alpha value is -1.80. The fraction of sp³-hybridized carbons (Fsp3) is 0.400. The molecule has 3 aromatic rings. The summed E-state index contributed by atoms with van der Waals surface area (Å²) in [5.41, 5.74) is 2.27. The molecule has 0 saturated carbocycles. The first kappa shape index (κ1) is 18.6. The number of thiazole rings is 1. The van der Waals surface area contributed by atoms with Crippen molar-refractivity contribution in [3.05, 3.63) is 46.2 Å². The Labute approximate surface area is 167 Å². The smallest absolute Gasteiger partial charge is 0.270 e. The average molecular weight is 403 g/mol. The van der Waals surface area contributed by atoms with Crippen molar-refractivity contribution in [2.45, 2.75) is 13.3 Å². The second-order valence-corrected chi connectivity index (χ2v) is 8.66. The van der Waals surface area contributed by atoms with Gasteiger partial charge in [-0.15, -0.1) is 11.3 Å². The molecule has 0 radical (unpaired) electrons. The van der Waals surface area contributed by atoms with Crippen molar-refractivity contribution in [3.8, 4) is 0 Å². The van der Waals surface area contributed by atoms with Gasteiger partial charge in [0.15, 0.2) is 5.13 Å². The van der Waals surface area contributed by atoms with Crippen molar-refractivity contribution in [2.75, 3.05) is 44.3 Å². The van der Waals surface area contributed by atoms with Crippen LogP contribution in [0.4, 0.5) is 5.13 Å². The number of carbonyl (C=O) groups excluding carboxylic acids is 1. The van der Waals surface area contributed by atoms with Crippen LogP contribution >= 0.6 is 22.7 Å². The molecule has 0 atom stereocenters. The Morgan fingerprint density at radius 1 is 1.30 bits per heavy atom. The first-order valence-electron chi connectivity index (χ1n) is 9.40. The lowest BCUT2D eigenvalue weighted by Gasteiger charge is -2.26. The van der Waals surface area contributed by atoms with Crippen molar-refractivity contribution in [1.29, 1.82) is 0 Å². The molecule has 3 heterocycles. The fourth-order valence-electron chi connectivity index (χ4n) is 3.29. The van der Waals surface area contributed by atoms with Crippen molar-refractivity contribution in [2.24, 2.45) is 0 Å². The highest BCUT2D eigenvalue weighted by molar-refractivity contribution is 7.22. The van der Waals surface area contributed by atoms with Gasteiger partial charge in [0.2, 0.25) is 0 Å². The first-order chi connectivity index (χ1) is 13.2. The van der Waals surface area contributed by atoms with E-state index < -0.39 is 0 Å². The van der Waals surface area contributed by atoms with Crippen molar-refractivity contribution in [1.82, 2.24) is 4.98 Å². The minimum absolute atomic E-state index is 0.0485. The van der Waals surface area contributed by atoms with Gasteiger partial charge in [0.1, 0.15) is 13.1 Å². The minimum Gasteiger partial charge on any atom is -0.370 e. The molecular formula is C20H24N3O2S2+. The Bertz CT molecular complexity index is 901. The summed E-state index contributed by atoms with van der Waals surface area (Å²) in [4.78, 5) is 22.0. The molecule has 0 bridgehead atoms. The summed E-state index contributed by atoms with van der Waals surface area (Å²) in [5.74, 6) is 0.0485. The Morgan fingerprint density at radius 3 is 2.89 bits per heavy atom. The molecule has 1 amide bonds. The second-order valence-electron chi connectivity index (χ2n) is 6.70. The summed E-state index contributed by atoms with van der Waals surface area (Å²) in [6.07, 6.45) is 1.00. The summed E-state index contributed by atoms with van der Waals surface area (Å²) in [6.45, 7) is 7.34. The van der Waals surface area contributed by atoms with E-state index in [4.69, 9.17) is 9.72 Å². The van der Waals surface area contributed by atoms with E-state index in [0.29, 0.717) is 6.54 Å². The molecule has 27 heavy (non-hydrogen) atoms. The SMILES string of the molecule is CCc1ccc2nc(N(CC[NH+]3CCOCC3)C(=O)c3cccs3)sc2c1. The molecule has 1 fully saturated rings. The van der Waals surface area contributed by atoms with Gasteiger partial charge in [0, 0.05) is 0 Å². The number of fused-ring (bicyclic) bond motifs is 1. The highest BCUT2D eigenvalue weighted by Gasteiger charge is 2.24. The van der Waals surface area contributed by atoms with Gasteiger partial charge >= 0.3 is 0 Å². The number of aromatic nitrogens is 1. The maximum atomic E-state index is 13.1. The highest BCUT2D eigenvalue weighted by Crippen LogP contribution is 2.31. The van der Waals surface area contributed by atoms with Crippen LogP contribution < -0.4 is 9.80 Å². The quantitative estimate of drug-likeness (QED) is 0.689. The number of hydrogen-bond acceptors (Lipinski definition) is 5. The van der Waals surface area contributed by atoms with E-state index in [-0.39, 0.29) is 5.91 Å². The number of morpholine rings is 1. The van der Waals surface area contributed by atoms with Gasteiger partial charge in [0.05, 0.1) is 41.4 Å². The average Bonchev–Trinajstić information content (AvgIpc) is 3.38. The zero-order valence-electron chi connectivity index (χ0n) is 15.4. The number of hydrogen-bond donors (Lipinski definition) is 1. The van der Waals surface area contributed by atoms with E-state index in [1.165, 1.54) is 21.8 Å². The molecule has 142 valence electrons. The van der Waals surface area contributed by atoms with Crippen LogP contribution in [0.3, 0.4) is 0 Å². The number of aryl methyl sites for hydroxylation is 1. The first-order valence-corrected chi connectivity index (χ1v) is 11.1. The van der Waals surface area contributed by atoms with Gasteiger partial charge in [-0.3, -0.25) is 9.69 Å². The molecule has 0 spiro atoms.